The number of anilines is 1. The number of fused-ring (bicyclic) bond motifs is 1. The van der Waals surface area contributed by atoms with Gasteiger partial charge < -0.3 is 24.1 Å². The third kappa shape index (κ3) is 4.96. The fourth-order valence-electron chi connectivity index (χ4n) is 3.77. The standard InChI is InChI=1S/C25H25N5O3/c31-25(27-16-19-8-9-23(26-15-19)29-11-13-32-14-12-29)21-5-1-2-6-22(21)33-18-20-17-30-10-4-3-7-24(30)28-20/h1-10,15,17H,11-14,16,18H2,(H,27,31). The number of nitrogens with zero attached hydrogens (tertiary/aromatic N) is 4. The molecule has 0 saturated carbocycles. The van der Waals surface area contributed by atoms with Gasteiger partial charge in [-0.2, -0.15) is 0 Å². The molecular weight excluding hydrogens is 418 g/mol. The lowest BCUT2D eigenvalue weighted by Crippen LogP contribution is -2.36. The molecule has 33 heavy (non-hydrogen) atoms. The number of benzene rings is 1. The number of morpholine rings is 1. The summed E-state index contributed by atoms with van der Waals surface area (Å²) in [5.41, 5.74) is 3.07. The van der Waals surface area contributed by atoms with Crippen LogP contribution in [0, 0.1) is 0 Å². The number of carbonyl (C=O) groups excluding carboxylic acids is 1. The number of carbonyl (C=O) groups is 1. The van der Waals surface area contributed by atoms with E-state index in [9.17, 15) is 4.79 Å². The number of nitrogens with one attached hydrogen (secondary N) is 1. The van der Waals surface area contributed by atoms with E-state index in [1.807, 2.05) is 59.3 Å². The van der Waals surface area contributed by atoms with Gasteiger partial charge in [0.25, 0.3) is 5.91 Å². The zero-order valence-electron chi connectivity index (χ0n) is 18.2. The molecule has 5 rings (SSSR count). The molecule has 4 heterocycles. The Morgan fingerprint density at radius 2 is 1.91 bits per heavy atom. The van der Waals surface area contributed by atoms with Crippen molar-refractivity contribution >= 4 is 17.4 Å². The second kappa shape index (κ2) is 9.70. The molecule has 168 valence electrons. The van der Waals surface area contributed by atoms with Crippen molar-refractivity contribution in [3.05, 3.63) is 90.0 Å². The first kappa shape index (κ1) is 21.0. The number of rotatable bonds is 7. The van der Waals surface area contributed by atoms with Crippen LogP contribution >= 0.6 is 0 Å². The van der Waals surface area contributed by atoms with Gasteiger partial charge in [0.15, 0.2) is 0 Å². The lowest BCUT2D eigenvalue weighted by molar-refractivity contribution is 0.0946. The summed E-state index contributed by atoms with van der Waals surface area (Å²) >= 11 is 0. The maximum Gasteiger partial charge on any atom is 0.255 e. The van der Waals surface area contributed by atoms with Crippen LogP contribution in [-0.2, 0) is 17.9 Å². The van der Waals surface area contributed by atoms with Crippen molar-refractivity contribution in [1.82, 2.24) is 19.7 Å². The van der Waals surface area contributed by atoms with Gasteiger partial charge in [-0.15, -0.1) is 0 Å². The Morgan fingerprint density at radius 3 is 2.73 bits per heavy atom. The van der Waals surface area contributed by atoms with E-state index in [0.717, 1.165) is 49.0 Å². The quantitative estimate of drug-likeness (QED) is 0.473. The van der Waals surface area contributed by atoms with Crippen LogP contribution in [-0.4, -0.2) is 46.6 Å². The van der Waals surface area contributed by atoms with E-state index in [1.54, 1.807) is 18.3 Å². The van der Waals surface area contributed by atoms with Crippen LogP contribution in [0.25, 0.3) is 5.65 Å². The van der Waals surface area contributed by atoms with Crippen molar-refractivity contribution in [3.8, 4) is 5.75 Å². The summed E-state index contributed by atoms with van der Waals surface area (Å²) in [6, 6.07) is 17.0. The van der Waals surface area contributed by atoms with E-state index in [4.69, 9.17) is 9.47 Å². The molecule has 8 heteroatoms. The third-order valence-electron chi connectivity index (χ3n) is 5.52. The Balaban J connectivity index is 1.20. The molecule has 1 N–H and O–H groups in total. The molecule has 1 aromatic carbocycles. The number of aromatic nitrogens is 3. The second-order valence-corrected chi connectivity index (χ2v) is 7.79. The van der Waals surface area contributed by atoms with Crippen molar-refractivity contribution in [1.29, 1.82) is 0 Å². The van der Waals surface area contributed by atoms with E-state index >= 15 is 0 Å². The molecule has 1 fully saturated rings. The molecule has 0 spiro atoms. The smallest absolute Gasteiger partial charge is 0.255 e. The Morgan fingerprint density at radius 1 is 1.06 bits per heavy atom. The summed E-state index contributed by atoms with van der Waals surface area (Å²) in [5, 5.41) is 2.96. The highest BCUT2D eigenvalue weighted by Crippen LogP contribution is 2.20. The third-order valence-corrected chi connectivity index (χ3v) is 5.52. The van der Waals surface area contributed by atoms with Crippen molar-refractivity contribution in [2.45, 2.75) is 13.2 Å². The normalized spacial score (nSPS) is 13.8. The minimum atomic E-state index is -0.196. The van der Waals surface area contributed by atoms with Gasteiger partial charge in [0.2, 0.25) is 0 Å². The number of amides is 1. The predicted octanol–water partition coefficient (Wildman–Crippen LogP) is 3.07. The summed E-state index contributed by atoms with van der Waals surface area (Å²) in [6.45, 7) is 3.79. The molecule has 0 unspecified atom stereocenters. The van der Waals surface area contributed by atoms with Crippen LogP contribution < -0.4 is 15.0 Å². The monoisotopic (exact) mass is 443 g/mol. The zero-order chi connectivity index (χ0) is 22.5. The number of ether oxygens (including phenoxy) is 2. The summed E-state index contributed by atoms with van der Waals surface area (Å²) in [5.74, 6) is 1.25. The first-order chi connectivity index (χ1) is 16.3. The van der Waals surface area contributed by atoms with Crippen LogP contribution in [0.4, 0.5) is 5.82 Å². The summed E-state index contributed by atoms with van der Waals surface area (Å²) < 4.78 is 13.3. The molecule has 0 bridgehead atoms. The minimum Gasteiger partial charge on any atom is -0.486 e. The fourth-order valence-corrected chi connectivity index (χ4v) is 3.77. The van der Waals surface area contributed by atoms with E-state index in [2.05, 4.69) is 20.2 Å². The van der Waals surface area contributed by atoms with Crippen molar-refractivity contribution in [3.63, 3.8) is 0 Å². The Hall–Kier alpha value is -3.91. The molecule has 3 aromatic heterocycles. The average molecular weight is 444 g/mol. The number of imidazole rings is 1. The van der Waals surface area contributed by atoms with Crippen LogP contribution in [0.5, 0.6) is 5.75 Å². The fraction of sp³-hybridized carbons (Fsp3) is 0.240. The molecule has 0 aliphatic carbocycles. The van der Waals surface area contributed by atoms with Crippen molar-refractivity contribution < 1.29 is 14.3 Å². The number of para-hydroxylation sites is 1. The first-order valence-electron chi connectivity index (χ1n) is 11.0. The largest absolute Gasteiger partial charge is 0.486 e. The maximum atomic E-state index is 12.9. The highest BCUT2D eigenvalue weighted by molar-refractivity contribution is 5.96. The number of hydrogen-bond donors (Lipinski definition) is 1. The molecule has 8 nitrogen and oxygen atoms in total. The van der Waals surface area contributed by atoms with Gasteiger partial charge in [-0.25, -0.2) is 9.97 Å². The van der Waals surface area contributed by atoms with E-state index in [-0.39, 0.29) is 12.5 Å². The zero-order valence-corrected chi connectivity index (χ0v) is 18.2. The lowest BCUT2D eigenvalue weighted by Gasteiger charge is -2.27. The SMILES string of the molecule is O=C(NCc1ccc(N2CCOCC2)nc1)c1ccccc1OCc1cn2ccccc2n1. The van der Waals surface area contributed by atoms with Gasteiger partial charge in [0.1, 0.15) is 23.8 Å². The summed E-state index contributed by atoms with van der Waals surface area (Å²) in [7, 11) is 0. The molecule has 1 saturated heterocycles. The molecule has 0 radical (unpaired) electrons. The highest BCUT2D eigenvalue weighted by atomic mass is 16.5. The van der Waals surface area contributed by atoms with E-state index in [0.29, 0.717) is 17.9 Å². The number of hydrogen-bond acceptors (Lipinski definition) is 6. The molecule has 1 amide bonds. The Kier molecular flexibility index (Phi) is 6.16. The van der Waals surface area contributed by atoms with Crippen molar-refractivity contribution in [2.24, 2.45) is 0 Å². The second-order valence-electron chi connectivity index (χ2n) is 7.79. The summed E-state index contributed by atoms with van der Waals surface area (Å²) in [6.07, 6.45) is 5.66. The Bertz CT molecular complexity index is 1200. The van der Waals surface area contributed by atoms with Gasteiger partial charge in [-0.1, -0.05) is 24.3 Å². The number of pyridine rings is 2. The van der Waals surface area contributed by atoms with Gasteiger partial charge in [-0.05, 0) is 35.9 Å². The predicted molar refractivity (Wildman–Crippen MR) is 124 cm³/mol. The van der Waals surface area contributed by atoms with Gasteiger partial charge >= 0.3 is 0 Å². The van der Waals surface area contributed by atoms with E-state index in [1.165, 1.54) is 0 Å². The van der Waals surface area contributed by atoms with Crippen LogP contribution in [0.1, 0.15) is 21.6 Å². The lowest BCUT2D eigenvalue weighted by atomic mass is 10.2. The first-order valence-corrected chi connectivity index (χ1v) is 11.0. The molecule has 4 aromatic rings. The molecule has 1 aliphatic heterocycles. The average Bonchev–Trinajstić information content (AvgIpc) is 3.30. The minimum absolute atomic E-state index is 0.196. The molecule has 0 atom stereocenters. The van der Waals surface area contributed by atoms with Crippen molar-refractivity contribution in [2.75, 3.05) is 31.2 Å². The summed E-state index contributed by atoms with van der Waals surface area (Å²) in [4.78, 5) is 24.1. The highest BCUT2D eigenvalue weighted by Gasteiger charge is 2.14. The van der Waals surface area contributed by atoms with Crippen LogP contribution in [0.3, 0.4) is 0 Å². The van der Waals surface area contributed by atoms with Gasteiger partial charge in [-0.3, -0.25) is 4.79 Å². The van der Waals surface area contributed by atoms with Gasteiger partial charge in [0, 0.05) is 38.2 Å². The molecule has 1 aliphatic rings. The van der Waals surface area contributed by atoms with Gasteiger partial charge in [0.05, 0.1) is 24.5 Å². The topological polar surface area (TPSA) is 81.0 Å². The maximum absolute atomic E-state index is 12.9. The molecular formula is C25H25N5O3. The van der Waals surface area contributed by atoms with Crippen LogP contribution in [0.2, 0.25) is 0 Å². The Labute approximate surface area is 191 Å². The van der Waals surface area contributed by atoms with Crippen LogP contribution in [0.15, 0.2) is 73.2 Å². The van der Waals surface area contributed by atoms with E-state index < -0.39 is 0 Å².